The third-order valence-corrected chi connectivity index (χ3v) is 2.59. The highest BCUT2D eigenvalue weighted by atomic mass is 19.1. The van der Waals surface area contributed by atoms with E-state index in [1.54, 1.807) is 0 Å². The fourth-order valence-electron chi connectivity index (χ4n) is 1.85. The van der Waals surface area contributed by atoms with Gasteiger partial charge in [-0.15, -0.1) is 0 Å². The average Bonchev–Trinajstić information content (AvgIpc) is 2.26. The van der Waals surface area contributed by atoms with Crippen molar-refractivity contribution in [1.29, 1.82) is 0 Å². The molecule has 80 valence electrons. The van der Waals surface area contributed by atoms with E-state index in [0.29, 0.717) is 12.1 Å². The summed E-state index contributed by atoms with van der Waals surface area (Å²) in [6, 6.07) is 2.72. The SMILES string of the molecule is COC(=O)c1cc(F)cc2c1CNCC2. The number of halogens is 1. The van der Waals surface area contributed by atoms with E-state index in [9.17, 15) is 9.18 Å². The number of carbonyl (C=O) groups excluding carboxylic acids is 1. The van der Waals surface area contributed by atoms with Gasteiger partial charge in [0, 0.05) is 6.54 Å². The number of hydrogen-bond donors (Lipinski definition) is 1. The minimum Gasteiger partial charge on any atom is -0.465 e. The summed E-state index contributed by atoms with van der Waals surface area (Å²) < 4.78 is 17.8. The van der Waals surface area contributed by atoms with Crippen LogP contribution >= 0.6 is 0 Å². The van der Waals surface area contributed by atoms with Gasteiger partial charge in [0.15, 0.2) is 0 Å². The molecule has 3 nitrogen and oxygen atoms in total. The predicted molar refractivity (Wildman–Crippen MR) is 53.2 cm³/mol. The van der Waals surface area contributed by atoms with Crippen molar-refractivity contribution in [2.45, 2.75) is 13.0 Å². The lowest BCUT2D eigenvalue weighted by atomic mass is 9.96. The van der Waals surface area contributed by atoms with Crippen molar-refractivity contribution in [2.75, 3.05) is 13.7 Å². The van der Waals surface area contributed by atoms with Crippen molar-refractivity contribution in [3.63, 3.8) is 0 Å². The number of benzene rings is 1. The number of methoxy groups -OCH3 is 1. The number of fused-ring (bicyclic) bond motifs is 1. The van der Waals surface area contributed by atoms with Crippen molar-refractivity contribution in [1.82, 2.24) is 5.32 Å². The summed E-state index contributed by atoms with van der Waals surface area (Å²) >= 11 is 0. The number of rotatable bonds is 1. The van der Waals surface area contributed by atoms with Crippen LogP contribution in [0.25, 0.3) is 0 Å². The second kappa shape index (κ2) is 3.98. The predicted octanol–water partition coefficient (Wildman–Crippen LogP) is 1.26. The molecular formula is C11H12FNO2. The van der Waals surface area contributed by atoms with Gasteiger partial charge in [0.25, 0.3) is 0 Å². The summed E-state index contributed by atoms with van der Waals surface area (Å²) in [5.41, 5.74) is 2.09. The lowest BCUT2D eigenvalue weighted by Crippen LogP contribution is -2.26. The molecule has 1 N–H and O–H groups in total. The number of nitrogens with one attached hydrogen (secondary N) is 1. The third-order valence-electron chi connectivity index (χ3n) is 2.59. The summed E-state index contributed by atoms with van der Waals surface area (Å²) in [5, 5.41) is 3.15. The Hall–Kier alpha value is -1.42. The van der Waals surface area contributed by atoms with E-state index in [2.05, 4.69) is 10.1 Å². The van der Waals surface area contributed by atoms with Crippen LogP contribution in [0.3, 0.4) is 0 Å². The van der Waals surface area contributed by atoms with Crippen LogP contribution in [0, 0.1) is 5.82 Å². The minimum absolute atomic E-state index is 0.333. The number of carbonyl (C=O) groups is 1. The van der Waals surface area contributed by atoms with Gasteiger partial charge in [0.1, 0.15) is 5.82 Å². The first-order valence-corrected chi connectivity index (χ1v) is 4.82. The molecule has 0 spiro atoms. The molecule has 0 saturated carbocycles. The van der Waals surface area contributed by atoms with E-state index in [0.717, 1.165) is 24.1 Å². The van der Waals surface area contributed by atoms with E-state index < -0.39 is 5.97 Å². The fraction of sp³-hybridized carbons (Fsp3) is 0.364. The quantitative estimate of drug-likeness (QED) is 0.707. The maximum absolute atomic E-state index is 13.2. The molecule has 15 heavy (non-hydrogen) atoms. The Bertz CT molecular complexity index is 404. The first kappa shape index (κ1) is 10.1. The van der Waals surface area contributed by atoms with E-state index >= 15 is 0 Å². The van der Waals surface area contributed by atoms with Crippen molar-refractivity contribution < 1.29 is 13.9 Å². The van der Waals surface area contributed by atoms with E-state index in [1.165, 1.54) is 19.2 Å². The summed E-state index contributed by atoms with van der Waals surface area (Å²) in [6.45, 7) is 1.41. The molecule has 4 heteroatoms. The molecule has 0 fully saturated rings. The van der Waals surface area contributed by atoms with Gasteiger partial charge in [0.05, 0.1) is 12.7 Å². The van der Waals surface area contributed by atoms with Crippen molar-refractivity contribution in [3.8, 4) is 0 Å². The highest BCUT2D eigenvalue weighted by molar-refractivity contribution is 5.91. The van der Waals surface area contributed by atoms with Crippen LogP contribution in [0.15, 0.2) is 12.1 Å². The van der Waals surface area contributed by atoms with Gasteiger partial charge in [0.2, 0.25) is 0 Å². The van der Waals surface area contributed by atoms with Gasteiger partial charge in [-0.05, 0) is 36.2 Å². The highest BCUT2D eigenvalue weighted by Crippen LogP contribution is 2.21. The van der Waals surface area contributed by atoms with Crippen LogP contribution in [-0.2, 0) is 17.7 Å². The highest BCUT2D eigenvalue weighted by Gasteiger charge is 2.19. The normalized spacial score (nSPS) is 14.5. The number of hydrogen-bond acceptors (Lipinski definition) is 3. The first-order valence-electron chi connectivity index (χ1n) is 4.82. The van der Waals surface area contributed by atoms with Gasteiger partial charge < -0.3 is 10.1 Å². The summed E-state index contributed by atoms with van der Waals surface area (Å²) in [4.78, 5) is 11.4. The molecule has 0 unspecified atom stereocenters. The zero-order valence-corrected chi connectivity index (χ0v) is 8.47. The van der Waals surface area contributed by atoms with Crippen molar-refractivity contribution >= 4 is 5.97 Å². The molecule has 1 aliphatic heterocycles. The van der Waals surface area contributed by atoms with E-state index in [1.807, 2.05) is 0 Å². The topological polar surface area (TPSA) is 38.3 Å². The van der Waals surface area contributed by atoms with Crippen LogP contribution < -0.4 is 5.32 Å². The molecular weight excluding hydrogens is 197 g/mol. The molecule has 0 amide bonds. The van der Waals surface area contributed by atoms with E-state index in [4.69, 9.17) is 0 Å². The van der Waals surface area contributed by atoms with Crippen molar-refractivity contribution in [3.05, 3.63) is 34.6 Å². The Morgan fingerprint density at radius 2 is 2.33 bits per heavy atom. The van der Waals surface area contributed by atoms with Gasteiger partial charge in [-0.1, -0.05) is 0 Å². The molecule has 0 bridgehead atoms. The monoisotopic (exact) mass is 209 g/mol. The fourth-order valence-corrected chi connectivity index (χ4v) is 1.85. The minimum atomic E-state index is -0.477. The van der Waals surface area contributed by atoms with E-state index in [-0.39, 0.29) is 5.82 Å². The van der Waals surface area contributed by atoms with Crippen LogP contribution in [-0.4, -0.2) is 19.6 Å². The Labute approximate surface area is 87.2 Å². The number of esters is 1. The second-order valence-electron chi connectivity index (χ2n) is 3.51. The van der Waals surface area contributed by atoms with Crippen LogP contribution in [0.5, 0.6) is 0 Å². The Morgan fingerprint density at radius 1 is 1.53 bits per heavy atom. The van der Waals surface area contributed by atoms with Gasteiger partial charge in [-0.25, -0.2) is 9.18 Å². The molecule has 0 radical (unpaired) electrons. The van der Waals surface area contributed by atoms with Gasteiger partial charge in [-0.2, -0.15) is 0 Å². The second-order valence-corrected chi connectivity index (χ2v) is 3.51. The molecule has 0 atom stereocenters. The standard InChI is InChI=1S/C11H12FNO2/c1-15-11(14)9-5-8(12)4-7-2-3-13-6-10(7)9/h4-5,13H,2-3,6H2,1H3. The van der Waals surface area contributed by atoms with Crippen molar-refractivity contribution in [2.24, 2.45) is 0 Å². The molecule has 1 aliphatic rings. The molecule has 0 aromatic heterocycles. The number of ether oxygens (including phenoxy) is 1. The molecule has 0 aliphatic carbocycles. The van der Waals surface area contributed by atoms with Crippen LogP contribution in [0.1, 0.15) is 21.5 Å². The van der Waals surface area contributed by atoms with Gasteiger partial charge >= 0.3 is 5.97 Å². The molecule has 2 rings (SSSR count). The summed E-state index contributed by atoms with van der Waals surface area (Å²) in [5.74, 6) is -0.856. The first-order chi connectivity index (χ1) is 7.22. The lowest BCUT2D eigenvalue weighted by Gasteiger charge is -2.19. The molecule has 1 aromatic rings. The summed E-state index contributed by atoms with van der Waals surface area (Å²) in [7, 11) is 1.30. The molecule has 0 saturated heterocycles. The average molecular weight is 209 g/mol. The largest absolute Gasteiger partial charge is 0.465 e. The Morgan fingerprint density at radius 3 is 3.07 bits per heavy atom. The Kier molecular flexibility index (Phi) is 2.68. The van der Waals surface area contributed by atoms with Crippen LogP contribution in [0.2, 0.25) is 0 Å². The zero-order valence-electron chi connectivity index (χ0n) is 8.47. The zero-order chi connectivity index (χ0) is 10.8. The third kappa shape index (κ3) is 1.85. The molecule has 1 heterocycles. The maximum atomic E-state index is 13.2. The Balaban J connectivity index is 2.52. The van der Waals surface area contributed by atoms with Gasteiger partial charge in [-0.3, -0.25) is 0 Å². The lowest BCUT2D eigenvalue weighted by molar-refractivity contribution is 0.0598. The smallest absolute Gasteiger partial charge is 0.338 e. The molecule has 1 aromatic carbocycles. The van der Waals surface area contributed by atoms with Crippen LogP contribution in [0.4, 0.5) is 4.39 Å². The maximum Gasteiger partial charge on any atom is 0.338 e. The summed E-state index contributed by atoms with van der Waals surface area (Å²) in [6.07, 6.45) is 0.747.